The lowest BCUT2D eigenvalue weighted by molar-refractivity contribution is 0.102. The Balaban J connectivity index is 1.27. The van der Waals surface area contributed by atoms with Crippen LogP contribution in [-0.2, 0) is 6.42 Å². The second-order valence-electron chi connectivity index (χ2n) is 6.63. The molecule has 2 heterocycles. The highest BCUT2D eigenvalue weighted by atomic mass is 16.6. The van der Waals surface area contributed by atoms with Crippen LogP contribution in [-0.4, -0.2) is 35.9 Å². The zero-order valence-corrected chi connectivity index (χ0v) is 15.9. The van der Waals surface area contributed by atoms with Crippen molar-refractivity contribution >= 4 is 17.4 Å². The van der Waals surface area contributed by atoms with Crippen LogP contribution in [0.4, 0.5) is 11.5 Å². The number of fused-ring (bicyclic) bond motifs is 1. The highest BCUT2D eigenvalue weighted by molar-refractivity contribution is 6.02. The highest BCUT2D eigenvalue weighted by Crippen LogP contribution is 2.32. The Morgan fingerprint density at radius 3 is 2.55 bits per heavy atom. The van der Waals surface area contributed by atoms with Crippen LogP contribution in [0.2, 0.25) is 0 Å². The molecule has 0 radical (unpaired) electrons. The lowest BCUT2D eigenvalue weighted by atomic mass is 10.1. The van der Waals surface area contributed by atoms with Crippen molar-refractivity contribution < 1.29 is 14.3 Å². The standard InChI is InChI=1S/C22H22N4O3/c27-22(24-17-8-10-19-20(15-17)29-14-13-28-19)18-9-11-21(26-25-18)23-12-4-7-16-5-2-1-3-6-16/h1-3,5-6,8-11,15H,4,7,12-14H2,(H,23,26)(H,24,27). The zero-order valence-electron chi connectivity index (χ0n) is 15.9. The number of nitrogens with one attached hydrogen (secondary N) is 2. The Bertz CT molecular complexity index is 962. The van der Waals surface area contributed by atoms with E-state index in [1.165, 1.54) is 5.56 Å². The number of aryl methyl sites for hydroxylation is 1. The Kier molecular flexibility index (Phi) is 5.85. The Labute approximate surface area is 169 Å². The fraction of sp³-hybridized carbons (Fsp3) is 0.227. The highest BCUT2D eigenvalue weighted by Gasteiger charge is 2.14. The molecule has 0 aliphatic carbocycles. The number of hydrogen-bond donors (Lipinski definition) is 2. The van der Waals surface area contributed by atoms with Crippen LogP contribution < -0.4 is 20.1 Å². The molecule has 148 valence electrons. The maximum atomic E-state index is 12.4. The van der Waals surface area contributed by atoms with Crippen molar-refractivity contribution in [2.45, 2.75) is 12.8 Å². The van der Waals surface area contributed by atoms with Crippen LogP contribution in [0.25, 0.3) is 0 Å². The van der Waals surface area contributed by atoms with E-state index < -0.39 is 0 Å². The van der Waals surface area contributed by atoms with E-state index in [4.69, 9.17) is 9.47 Å². The van der Waals surface area contributed by atoms with E-state index in [-0.39, 0.29) is 11.6 Å². The predicted octanol–water partition coefficient (Wildman–Crippen LogP) is 3.54. The summed E-state index contributed by atoms with van der Waals surface area (Å²) in [6, 6.07) is 19.0. The third kappa shape index (κ3) is 5.01. The molecule has 2 N–H and O–H groups in total. The SMILES string of the molecule is O=C(Nc1ccc2c(c1)OCCO2)c1ccc(NCCCc2ccccc2)nn1. The molecule has 4 rings (SSSR count). The molecule has 7 nitrogen and oxygen atoms in total. The van der Waals surface area contributed by atoms with Gasteiger partial charge in [0.1, 0.15) is 19.0 Å². The van der Waals surface area contributed by atoms with Crippen molar-refractivity contribution in [3.8, 4) is 11.5 Å². The molecule has 1 amide bonds. The van der Waals surface area contributed by atoms with Crippen molar-refractivity contribution in [1.82, 2.24) is 10.2 Å². The van der Waals surface area contributed by atoms with E-state index in [1.54, 1.807) is 30.3 Å². The van der Waals surface area contributed by atoms with Gasteiger partial charge >= 0.3 is 0 Å². The van der Waals surface area contributed by atoms with Crippen LogP contribution in [0.1, 0.15) is 22.5 Å². The minimum absolute atomic E-state index is 0.245. The summed E-state index contributed by atoms with van der Waals surface area (Å²) in [6.45, 7) is 1.81. The largest absolute Gasteiger partial charge is 0.486 e. The van der Waals surface area contributed by atoms with Crippen LogP contribution >= 0.6 is 0 Å². The smallest absolute Gasteiger partial charge is 0.276 e. The third-order valence-corrected chi connectivity index (χ3v) is 4.49. The summed E-state index contributed by atoms with van der Waals surface area (Å²) in [5.74, 6) is 1.62. The van der Waals surface area contributed by atoms with Gasteiger partial charge in [0.25, 0.3) is 5.91 Å². The topological polar surface area (TPSA) is 85.4 Å². The summed E-state index contributed by atoms with van der Waals surface area (Å²) in [5.41, 5.74) is 2.17. The first-order chi connectivity index (χ1) is 14.3. The number of carbonyl (C=O) groups excluding carboxylic acids is 1. The molecule has 1 aromatic heterocycles. The molecule has 2 aromatic carbocycles. The molecule has 0 bridgehead atoms. The second kappa shape index (κ2) is 9.05. The maximum Gasteiger partial charge on any atom is 0.276 e. The summed E-state index contributed by atoms with van der Waals surface area (Å²) < 4.78 is 11.0. The molecule has 0 unspecified atom stereocenters. The summed E-state index contributed by atoms with van der Waals surface area (Å²) in [7, 11) is 0. The van der Waals surface area contributed by atoms with E-state index in [2.05, 4.69) is 33.0 Å². The third-order valence-electron chi connectivity index (χ3n) is 4.49. The van der Waals surface area contributed by atoms with Crippen LogP contribution in [0.15, 0.2) is 60.7 Å². The summed E-state index contributed by atoms with van der Waals surface area (Å²) >= 11 is 0. The molecule has 0 atom stereocenters. The van der Waals surface area contributed by atoms with Crippen molar-refractivity contribution in [2.24, 2.45) is 0 Å². The summed E-state index contributed by atoms with van der Waals surface area (Å²) in [5, 5.41) is 14.1. The Morgan fingerprint density at radius 1 is 0.931 bits per heavy atom. The summed E-state index contributed by atoms with van der Waals surface area (Å²) in [6.07, 6.45) is 1.98. The fourth-order valence-corrected chi connectivity index (χ4v) is 3.02. The minimum atomic E-state index is -0.329. The number of aromatic nitrogens is 2. The first-order valence-electron chi connectivity index (χ1n) is 9.60. The Hall–Kier alpha value is -3.61. The van der Waals surface area contributed by atoms with E-state index in [0.717, 1.165) is 19.4 Å². The maximum absolute atomic E-state index is 12.4. The van der Waals surface area contributed by atoms with Gasteiger partial charge in [-0.2, -0.15) is 0 Å². The molecule has 0 spiro atoms. The molecule has 0 fully saturated rings. The molecule has 7 heteroatoms. The first-order valence-corrected chi connectivity index (χ1v) is 9.60. The van der Waals surface area contributed by atoms with Gasteiger partial charge in [-0.1, -0.05) is 30.3 Å². The van der Waals surface area contributed by atoms with Crippen molar-refractivity contribution in [2.75, 3.05) is 30.4 Å². The van der Waals surface area contributed by atoms with Gasteiger partial charge in [-0.25, -0.2) is 0 Å². The summed E-state index contributed by atoms with van der Waals surface area (Å²) in [4.78, 5) is 12.4. The molecular formula is C22H22N4O3. The van der Waals surface area contributed by atoms with E-state index >= 15 is 0 Å². The average Bonchev–Trinajstić information content (AvgIpc) is 2.78. The monoisotopic (exact) mass is 390 g/mol. The molecular weight excluding hydrogens is 368 g/mol. The second-order valence-corrected chi connectivity index (χ2v) is 6.63. The van der Waals surface area contributed by atoms with Gasteiger partial charge in [0.05, 0.1) is 0 Å². The first kappa shape index (κ1) is 18.7. The van der Waals surface area contributed by atoms with Crippen LogP contribution in [0.3, 0.4) is 0 Å². The van der Waals surface area contributed by atoms with Crippen molar-refractivity contribution in [3.05, 3.63) is 71.9 Å². The van der Waals surface area contributed by atoms with Gasteiger partial charge in [0, 0.05) is 18.3 Å². The molecule has 0 saturated carbocycles. The molecule has 3 aromatic rings. The van der Waals surface area contributed by atoms with E-state index in [9.17, 15) is 4.79 Å². The number of benzene rings is 2. The predicted molar refractivity (Wildman–Crippen MR) is 111 cm³/mol. The van der Waals surface area contributed by atoms with Crippen LogP contribution in [0.5, 0.6) is 11.5 Å². The number of rotatable bonds is 7. The normalized spacial score (nSPS) is 12.3. The van der Waals surface area contributed by atoms with Crippen molar-refractivity contribution in [1.29, 1.82) is 0 Å². The van der Waals surface area contributed by atoms with Gasteiger partial charge in [-0.05, 0) is 42.7 Å². The number of anilines is 2. The quantitative estimate of drug-likeness (QED) is 0.600. The molecule has 29 heavy (non-hydrogen) atoms. The van der Waals surface area contributed by atoms with Gasteiger partial charge in [0.15, 0.2) is 17.2 Å². The molecule has 1 aliphatic heterocycles. The number of carbonyl (C=O) groups is 1. The van der Waals surface area contributed by atoms with Gasteiger partial charge in [0.2, 0.25) is 0 Å². The fourth-order valence-electron chi connectivity index (χ4n) is 3.02. The van der Waals surface area contributed by atoms with Gasteiger partial charge in [-0.3, -0.25) is 4.79 Å². The zero-order chi connectivity index (χ0) is 19.9. The Morgan fingerprint density at radius 2 is 1.76 bits per heavy atom. The number of ether oxygens (including phenoxy) is 2. The minimum Gasteiger partial charge on any atom is -0.486 e. The average molecular weight is 390 g/mol. The molecule has 0 saturated heterocycles. The number of amides is 1. The number of hydrogen-bond acceptors (Lipinski definition) is 6. The lowest BCUT2D eigenvalue weighted by Crippen LogP contribution is -2.17. The van der Waals surface area contributed by atoms with E-state index in [0.29, 0.717) is 36.2 Å². The van der Waals surface area contributed by atoms with Gasteiger partial charge < -0.3 is 20.1 Å². The van der Waals surface area contributed by atoms with Crippen LogP contribution in [0, 0.1) is 0 Å². The van der Waals surface area contributed by atoms with E-state index in [1.807, 2.05) is 18.2 Å². The van der Waals surface area contributed by atoms with Crippen molar-refractivity contribution in [3.63, 3.8) is 0 Å². The number of nitrogens with zero attached hydrogens (tertiary/aromatic N) is 2. The lowest BCUT2D eigenvalue weighted by Gasteiger charge is -2.18. The molecule has 1 aliphatic rings. The van der Waals surface area contributed by atoms with Gasteiger partial charge in [-0.15, -0.1) is 10.2 Å².